The molecule has 0 atom stereocenters. The van der Waals surface area contributed by atoms with Gasteiger partial charge in [-0.1, -0.05) is 37.3 Å². The van der Waals surface area contributed by atoms with Gasteiger partial charge in [-0.25, -0.2) is 4.79 Å². The van der Waals surface area contributed by atoms with Gasteiger partial charge in [0.15, 0.2) is 0 Å². The van der Waals surface area contributed by atoms with Crippen molar-refractivity contribution in [3.63, 3.8) is 0 Å². The molecule has 1 N–H and O–H groups in total. The first kappa shape index (κ1) is 22.6. The Kier molecular flexibility index (Phi) is 6.90. The minimum absolute atomic E-state index is 0.142. The van der Waals surface area contributed by atoms with E-state index in [1.165, 1.54) is 0 Å². The third-order valence-electron chi connectivity index (χ3n) is 4.33. The minimum atomic E-state index is -0.831. The predicted octanol–water partition coefficient (Wildman–Crippen LogP) is 5.05. The Morgan fingerprint density at radius 3 is 2.22 bits per heavy atom. The first-order chi connectivity index (χ1) is 15.3. The predicted molar refractivity (Wildman–Crippen MR) is 118 cm³/mol. The second-order valence-electron chi connectivity index (χ2n) is 6.56. The van der Waals surface area contributed by atoms with E-state index in [1.807, 2.05) is 13.0 Å². The highest BCUT2D eigenvalue weighted by molar-refractivity contribution is 7.15. The van der Waals surface area contributed by atoms with Crippen LogP contribution in [0.4, 0.5) is 16.4 Å². The maximum absolute atomic E-state index is 12.8. The highest BCUT2D eigenvalue weighted by Crippen LogP contribution is 2.36. The lowest BCUT2D eigenvalue weighted by Crippen LogP contribution is -2.15. The van der Waals surface area contributed by atoms with E-state index in [4.69, 9.17) is 4.74 Å². The fourth-order valence-electron chi connectivity index (χ4n) is 2.86. The maximum Gasteiger partial charge on any atom is 0.341 e. The number of hydrogen-bond acceptors (Lipinski definition) is 8. The second kappa shape index (κ2) is 9.79. The molecule has 0 aliphatic carbocycles. The lowest BCUT2D eigenvalue weighted by Gasteiger charge is -2.09. The van der Waals surface area contributed by atoms with Crippen molar-refractivity contribution in [2.75, 3.05) is 11.9 Å². The van der Waals surface area contributed by atoms with E-state index < -0.39 is 33.1 Å². The summed E-state index contributed by atoms with van der Waals surface area (Å²) >= 11 is 1.08. The van der Waals surface area contributed by atoms with Crippen LogP contribution in [0.15, 0.2) is 53.9 Å². The van der Waals surface area contributed by atoms with Gasteiger partial charge in [-0.15, -0.1) is 11.3 Å². The smallest absolute Gasteiger partial charge is 0.341 e. The van der Waals surface area contributed by atoms with Gasteiger partial charge in [0.05, 0.1) is 28.1 Å². The van der Waals surface area contributed by atoms with Crippen LogP contribution in [0.25, 0.3) is 11.1 Å². The first-order valence-electron chi connectivity index (χ1n) is 9.41. The molecule has 3 aromatic rings. The van der Waals surface area contributed by atoms with E-state index in [0.29, 0.717) is 12.0 Å². The molecule has 0 aliphatic rings. The lowest BCUT2D eigenvalue weighted by atomic mass is 10.0. The summed E-state index contributed by atoms with van der Waals surface area (Å²) in [5, 5.41) is 26.6. The fraction of sp³-hybridized carbons (Fsp3) is 0.143. The minimum Gasteiger partial charge on any atom is -0.462 e. The molecule has 164 valence electrons. The molecule has 1 heterocycles. The number of esters is 1. The molecule has 0 bridgehead atoms. The number of nitro benzene ring substituents is 2. The van der Waals surface area contributed by atoms with Crippen molar-refractivity contribution in [3.05, 3.63) is 85.3 Å². The normalized spacial score (nSPS) is 10.4. The van der Waals surface area contributed by atoms with Crippen LogP contribution >= 0.6 is 11.3 Å². The number of non-ortho nitro benzene ring substituents is 2. The summed E-state index contributed by atoms with van der Waals surface area (Å²) in [5.41, 5.74) is -0.0433. The van der Waals surface area contributed by atoms with E-state index >= 15 is 0 Å². The largest absolute Gasteiger partial charge is 0.462 e. The lowest BCUT2D eigenvalue weighted by molar-refractivity contribution is -0.394. The van der Waals surface area contributed by atoms with E-state index in [1.54, 1.807) is 29.6 Å². The molecule has 11 heteroatoms. The van der Waals surface area contributed by atoms with Crippen LogP contribution in [-0.2, 0) is 4.74 Å². The monoisotopic (exact) mass is 455 g/mol. The number of nitrogens with one attached hydrogen (secondary N) is 1. The molecule has 0 aliphatic heterocycles. The molecular weight excluding hydrogens is 438 g/mol. The maximum atomic E-state index is 12.8. The number of nitro groups is 2. The molecule has 10 nitrogen and oxygen atoms in total. The number of nitrogens with zero attached hydrogens (tertiary/aromatic N) is 2. The standard InChI is InChI=1S/C21H17N3O7S/c1-2-8-31-21(26)18-17(13-6-4-3-5-7-13)12-32-20(18)22-19(25)14-9-15(23(27)28)11-16(10-14)24(29)30/h3-7,9-12H,2,8H2,1H3,(H,22,25). The summed E-state index contributed by atoms with van der Waals surface area (Å²) in [4.78, 5) is 46.1. The van der Waals surface area contributed by atoms with Crippen molar-refractivity contribution in [1.29, 1.82) is 0 Å². The highest BCUT2D eigenvalue weighted by atomic mass is 32.1. The van der Waals surface area contributed by atoms with Crippen molar-refractivity contribution >= 4 is 39.6 Å². The van der Waals surface area contributed by atoms with Gasteiger partial charge in [-0.05, 0) is 12.0 Å². The third kappa shape index (κ3) is 4.95. The molecule has 2 aromatic carbocycles. The number of rotatable bonds is 8. The van der Waals surface area contributed by atoms with Crippen molar-refractivity contribution in [1.82, 2.24) is 0 Å². The van der Waals surface area contributed by atoms with Gasteiger partial charge in [-0.3, -0.25) is 25.0 Å². The fourth-order valence-corrected chi connectivity index (χ4v) is 3.81. The molecule has 0 unspecified atom stereocenters. The Morgan fingerprint density at radius 2 is 1.66 bits per heavy atom. The van der Waals surface area contributed by atoms with Crippen molar-refractivity contribution in [3.8, 4) is 11.1 Å². The quantitative estimate of drug-likeness (QED) is 0.284. The van der Waals surface area contributed by atoms with E-state index in [9.17, 15) is 29.8 Å². The van der Waals surface area contributed by atoms with Crippen molar-refractivity contribution in [2.24, 2.45) is 0 Å². The second-order valence-corrected chi connectivity index (χ2v) is 7.44. The Morgan fingerprint density at radius 1 is 1.03 bits per heavy atom. The van der Waals surface area contributed by atoms with Gasteiger partial charge < -0.3 is 10.1 Å². The molecule has 0 radical (unpaired) electrons. The number of carbonyl (C=O) groups is 2. The number of ether oxygens (including phenoxy) is 1. The van der Waals surface area contributed by atoms with Gasteiger partial charge >= 0.3 is 5.97 Å². The zero-order valence-corrected chi connectivity index (χ0v) is 17.6. The van der Waals surface area contributed by atoms with E-state index in [2.05, 4.69) is 5.32 Å². The van der Waals surface area contributed by atoms with E-state index in [-0.39, 0.29) is 22.7 Å². The molecular formula is C21H17N3O7S. The summed E-state index contributed by atoms with van der Waals surface area (Å²) in [6.07, 6.45) is 0.607. The number of hydrogen-bond donors (Lipinski definition) is 1. The molecule has 32 heavy (non-hydrogen) atoms. The van der Waals surface area contributed by atoms with Crippen molar-refractivity contribution < 1.29 is 24.2 Å². The van der Waals surface area contributed by atoms with Crippen LogP contribution in [0, 0.1) is 20.2 Å². The van der Waals surface area contributed by atoms with Gasteiger partial charge in [0.25, 0.3) is 17.3 Å². The van der Waals surface area contributed by atoms with Crippen LogP contribution in [-0.4, -0.2) is 28.3 Å². The number of amides is 1. The summed E-state index contributed by atoms with van der Waals surface area (Å²) in [6, 6.07) is 11.7. The molecule has 0 saturated carbocycles. The molecule has 1 amide bonds. The Hall–Kier alpha value is -4.12. The summed E-state index contributed by atoms with van der Waals surface area (Å²) in [5.74, 6) is -1.46. The van der Waals surface area contributed by atoms with Crippen LogP contribution in [0.5, 0.6) is 0 Å². The summed E-state index contributed by atoms with van der Waals surface area (Å²) in [7, 11) is 0. The van der Waals surface area contributed by atoms with Crippen LogP contribution in [0.2, 0.25) is 0 Å². The Bertz CT molecular complexity index is 1160. The number of benzene rings is 2. The molecule has 0 fully saturated rings. The van der Waals surface area contributed by atoms with E-state index in [0.717, 1.165) is 35.1 Å². The van der Waals surface area contributed by atoms with Crippen LogP contribution < -0.4 is 5.32 Å². The Balaban J connectivity index is 2.01. The van der Waals surface area contributed by atoms with Gasteiger partial charge in [0.2, 0.25) is 0 Å². The van der Waals surface area contributed by atoms with Gasteiger partial charge in [0, 0.05) is 23.1 Å². The zero-order chi connectivity index (χ0) is 23.3. The zero-order valence-electron chi connectivity index (χ0n) is 16.8. The van der Waals surface area contributed by atoms with Crippen LogP contribution in [0.3, 0.4) is 0 Å². The van der Waals surface area contributed by atoms with Gasteiger partial charge in [0.1, 0.15) is 10.6 Å². The Labute approximate surface area is 185 Å². The highest BCUT2D eigenvalue weighted by Gasteiger charge is 2.25. The summed E-state index contributed by atoms with van der Waals surface area (Å²) in [6.45, 7) is 2.03. The van der Waals surface area contributed by atoms with Gasteiger partial charge in [-0.2, -0.15) is 0 Å². The summed E-state index contributed by atoms with van der Waals surface area (Å²) < 4.78 is 5.26. The average molecular weight is 455 g/mol. The number of thiophene rings is 1. The third-order valence-corrected chi connectivity index (χ3v) is 5.23. The molecule has 0 spiro atoms. The first-order valence-corrected chi connectivity index (χ1v) is 10.3. The number of carbonyl (C=O) groups excluding carboxylic acids is 2. The molecule has 3 rings (SSSR count). The topological polar surface area (TPSA) is 142 Å². The molecule has 1 aromatic heterocycles. The average Bonchev–Trinajstić information content (AvgIpc) is 3.21. The van der Waals surface area contributed by atoms with Crippen LogP contribution in [0.1, 0.15) is 34.1 Å². The molecule has 0 saturated heterocycles. The SMILES string of the molecule is CCCOC(=O)c1c(-c2ccccc2)csc1NC(=O)c1cc([N+](=O)[O-])cc([N+](=O)[O-])c1. The number of anilines is 1. The van der Waals surface area contributed by atoms with Crippen molar-refractivity contribution in [2.45, 2.75) is 13.3 Å².